The number of carboxylic acid groups (broad SMARTS) is 1. The van der Waals surface area contributed by atoms with Gasteiger partial charge in [0.2, 0.25) is 5.91 Å². The lowest BCUT2D eigenvalue weighted by molar-refractivity contribution is -0.148. The molecule has 0 aromatic heterocycles. The molecular weight excluding hydrogens is 432 g/mol. The molecule has 1 atom stereocenters. The largest absolute Gasteiger partial charge is 0.480 e. The maximum absolute atomic E-state index is 13.0. The molecule has 3 aliphatic carbocycles. The highest BCUT2D eigenvalue weighted by Gasteiger charge is 2.46. The van der Waals surface area contributed by atoms with Gasteiger partial charge in [0.15, 0.2) is 0 Å². The monoisotopic (exact) mass is 462 g/mol. The molecule has 0 saturated heterocycles. The molecule has 0 aliphatic heterocycles. The standard InChI is InChI=1S/C27H30N2O5/c30-24(31)23(17-7-5-8-17)29-25(32)27(13-6-14-27)16-28-26(33)34-15-22-20-11-3-1-9-18(20)19-10-2-4-12-21(19)22/h1-4,9-12,17,22-23H,5-8,13-16H2,(H,28,33)(H,29,32)(H,30,31). The average molecular weight is 463 g/mol. The van der Waals surface area contributed by atoms with Crippen molar-refractivity contribution in [1.29, 1.82) is 0 Å². The van der Waals surface area contributed by atoms with E-state index < -0.39 is 23.5 Å². The molecule has 0 bridgehead atoms. The summed E-state index contributed by atoms with van der Waals surface area (Å²) >= 11 is 0. The van der Waals surface area contributed by atoms with Gasteiger partial charge in [-0.1, -0.05) is 61.4 Å². The number of ether oxygens (including phenoxy) is 1. The predicted molar refractivity (Wildman–Crippen MR) is 126 cm³/mol. The fourth-order valence-corrected chi connectivity index (χ4v) is 5.43. The summed E-state index contributed by atoms with van der Waals surface area (Å²) in [6.07, 6.45) is 4.21. The quantitative estimate of drug-likeness (QED) is 0.549. The van der Waals surface area contributed by atoms with Crippen molar-refractivity contribution in [3.8, 4) is 11.1 Å². The van der Waals surface area contributed by atoms with Crippen molar-refractivity contribution in [1.82, 2.24) is 10.6 Å². The highest BCUT2D eigenvalue weighted by molar-refractivity contribution is 5.89. The van der Waals surface area contributed by atoms with Crippen LogP contribution in [0.4, 0.5) is 4.79 Å². The van der Waals surface area contributed by atoms with Crippen LogP contribution in [0.2, 0.25) is 0 Å². The average Bonchev–Trinajstić information content (AvgIpc) is 3.09. The number of alkyl carbamates (subject to hydrolysis) is 1. The number of nitrogens with one attached hydrogen (secondary N) is 2. The first kappa shape index (κ1) is 22.4. The molecule has 178 valence electrons. The molecule has 2 aromatic rings. The molecule has 2 fully saturated rings. The summed E-state index contributed by atoms with van der Waals surface area (Å²) in [5.41, 5.74) is 3.85. The zero-order valence-electron chi connectivity index (χ0n) is 19.1. The molecule has 3 N–H and O–H groups in total. The molecule has 34 heavy (non-hydrogen) atoms. The van der Waals surface area contributed by atoms with Crippen LogP contribution in [-0.2, 0) is 14.3 Å². The smallest absolute Gasteiger partial charge is 0.407 e. The van der Waals surface area contributed by atoms with E-state index in [4.69, 9.17) is 4.74 Å². The van der Waals surface area contributed by atoms with E-state index >= 15 is 0 Å². The van der Waals surface area contributed by atoms with Gasteiger partial charge in [-0.05, 0) is 53.9 Å². The number of aliphatic carboxylic acids is 1. The lowest BCUT2D eigenvalue weighted by Gasteiger charge is -2.42. The minimum atomic E-state index is -0.989. The first-order chi connectivity index (χ1) is 16.5. The van der Waals surface area contributed by atoms with E-state index in [1.54, 1.807) is 0 Å². The van der Waals surface area contributed by atoms with Crippen molar-refractivity contribution in [3.63, 3.8) is 0 Å². The van der Waals surface area contributed by atoms with Crippen LogP contribution >= 0.6 is 0 Å². The molecule has 7 heteroatoms. The molecule has 2 amide bonds. The van der Waals surface area contributed by atoms with Gasteiger partial charge in [0, 0.05) is 12.5 Å². The van der Waals surface area contributed by atoms with Gasteiger partial charge in [-0.25, -0.2) is 9.59 Å². The van der Waals surface area contributed by atoms with Gasteiger partial charge in [-0.3, -0.25) is 4.79 Å². The first-order valence-corrected chi connectivity index (χ1v) is 12.1. The summed E-state index contributed by atoms with van der Waals surface area (Å²) in [4.78, 5) is 37.2. The number of carbonyl (C=O) groups is 3. The van der Waals surface area contributed by atoms with E-state index in [2.05, 4.69) is 34.9 Å². The fraction of sp³-hybridized carbons (Fsp3) is 0.444. The van der Waals surface area contributed by atoms with E-state index in [1.165, 1.54) is 0 Å². The van der Waals surface area contributed by atoms with Gasteiger partial charge < -0.3 is 20.5 Å². The number of benzene rings is 2. The third-order valence-corrected chi connectivity index (χ3v) is 7.88. The second-order valence-electron chi connectivity index (χ2n) is 9.79. The number of hydrogen-bond donors (Lipinski definition) is 3. The first-order valence-electron chi connectivity index (χ1n) is 12.1. The van der Waals surface area contributed by atoms with E-state index in [-0.39, 0.29) is 30.9 Å². The molecule has 7 nitrogen and oxygen atoms in total. The van der Waals surface area contributed by atoms with Crippen molar-refractivity contribution < 1.29 is 24.2 Å². The SMILES string of the molecule is O=C(NCC1(C(=O)NC(C(=O)O)C2CCC2)CCC1)OCC1c2ccccc2-c2ccccc21. The Labute approximate surface area is 198 Å². The third-order valence-electron chi connectivity index (χ3n) is 7.88. The van der Waals surface area contributed by atoms with Crippen LogP contribution in [0, 0.1) is 11.3 Å². The minimum absolute atomic E-state index is 0.00586. The summed E-state index contributed by atoms with van der Waals surface area (Å²) in [5, 5.41) is 15.1. The van der Waals surface area contributed by atoms with Crippen LogP contribution in [0.15, 0.2) is 48.5 Å². The molecule has 0 heterocycles. The van der Waals surface area contributed by atoms with E-state index in [0.717, 1.165) is 47.9 Å². The summed E-state index contributed by atoms with van der Waals surface area (Å²) in [6, 6.07) is 15.4. The third kappa shape index (κ3) is 4.04. The predicted octanol–water partition coefficient (Wildman–Crippen LogP) is 4.06. The number of rotatable bonds is 8. The van der Waals surface area contributed by atoms with Gasteiger partial charge in [-0.2, -0.15) is 0 Å². The summed E-state index contributed by atoms with van der Waals surface area (Å²) in [7, 11) is 0. The molecule has 2 saturated carbocycles. The molecule has 0 spiro atoms. The highest BCUT2D eigenvalue weighted by Crippen LogP contribution is 2.45. The number of fused-ring (bicyclic) bond motifs is 3. The number of amides is 2. The summed E-state index contributed by atoms with van der Waals surface area (Å²) in [5.74, 6) is -1.31. The Balaban J connectivity index is 1.18. The Morgan fingerprint density at radius 3 is 2.09 bits per heavy atom. The van der Waals surface area contributed by atoms with Gasteiger partial charge in [0.25, 0.3) is 0 Å². The Kier molecular flexibility index (Phi) is 6.02. The van der Waals surface area contributed by atoms with Crippen molar-refractivity contribution in [2.24, 2.45) is 11.3 Å². The normalized spacial score (nSPS) is 19.1. The van der Waals surface area contributed by atoms with Crippen LogP contribution in [0.25, 0.3) is 11.1 Å². The number of carbonyl (C=O) groups excluding carboxylic acids is 2. The number of carboxylic acids is 1. The molecule has 3 aliphatic rings. The zero-order chi connectivity index (χ0) is 23.7. The van der Waals surface area contributed by atoms with Gasteiger partial charge in [-0.15, -0.1) is 0 Å². The van der Waals surface area contributed by atoms with Crippen molar-refractivity contribution >= 4 is 18.0 Å². The van der Waals surface area contributed by atoms with E-state index in [1.807, 2.05) is 24.3 Å². The van der Waals surface area contributed by atoms with Crippen LogP contribution in [-0.4, -0.2) is 42.3 Å². The zero-order valence-corrected chi connectivity index (χ0v) is 19.1. The molecule has 1 unspecified atom stereocenters. The van der Waals surface area contributed by atoms with Gasteiger partial charge >= 0.3 is 12.1 Å². The minimum Gasteiger partial charge on any atom is -0.480 e. The lowest BCUT2D eigenvalue weighted by atomic mass is 9.67. The maximum Gasteiger partial charge on any atom is 0.407 e. The van der Waals surface area contributed by atoms with Crippen molar-refractivity contribution in [2.45, 2.75) is 50.5 Å². The fourth-order valence-electron chi connectivity index (χ4n) is 5.43. The van der Waals surface area contributed by atoms with Crippen molar-refractivity contribution in [3.05, 3.63) is 59.7 Å². The van der Waals surface area contributed by atoms with Crippen LogP contribution in [0.5, 0.6) is 0 Å². The molecule has 5 rings (SSSR count). The topological polar surface area (TPSA) is 105 Å². The second kappa shape index (κ2) is 9.12. The Morgan fingerprint density at radius 1 is 0.971 bits per heavy atom. The van der Waals surface area contributed by atoms with E-state index in [0.29, 0.717) is 12.8 Å². The van der Waals surface area contributed by atoms with Gasteiger partial charge in [0.05, 0.1) is 5.41 Å². The number of hydrogen-bond acceptors (Lipinski definition) is 4. The maximum atomic E-state index is 13.0. The summed E-state index contributed by atoms with van der Waals surface area (Å²) < 4.78 is 5.59. The molecular formula is C27H30N2O5. The Morgan fingerprint density at radius 2 is 1.59 bits per heavy atom. The van der Waals surface area contributed by atoms with Crippen LogP contribution < -0.4 is 10.6 Å². The van der Waals surface area contributed by atoms with Gasteiger partial charge in [0.1, 0.15) is 12.6 Å². The Hall–Kier alpha value is -3.35. The van der Waals surface area contributed by atoms with E-state index in [9.17, 15) is 19.5 Å². The molecule has 2 aromatic carbocycles. The highest BCUT2D eigenvalue weighted by atomic mass is 16.5. The second-order valence-corrected chi connectivity index (χ2v) is 9.79. The lowest BCUT2D eigenvalue weighted by Crippen LogP contribution is -2.57. The van der Waals surface area contributed by atoms with Crippen molar-refractivity contribution in [2.75, 3.05) is 13.2 Å². The van der Waals surface area contributed by atoms with Crippen LogP contribution in [0.1, 0.15) is 55.6 Å². The summed E-state index contributed by atoms with van der Waals surface area (Å²) in [6.45, 7) is 0.355. The van der Waals surface area contributed by atoms with Crippen LogP contribution in [0.3, 0.4) is 0 Å². The Bertz CT molecular complexity index is 1060. The molecule has 0 radical (unpaired) electrons.